The number of aromatic nitrogens is 2. The second kappa shape index (κ2) is 4.02. The molecule has 0 bridgehead atoms. The molecule has 2 nitrogen and oxygen atoms in total. The molecule has 0 saturated heterocycles. The van der Waals surface area contributed by atoms with Gasteiger partial charge in [-0.3, -0.25) is 4.98 Å². The Bertz CT molecular complexity index is 485. The van der Waals surface area contributed by atoms with E-state index in [1.54, 1.807) is 0 Å². The van der Waals surface area contributed by atoms with Gasteiger partial charge < -0.3 is 0 Å². The first kappa shape index (κ1) is 10.2. The predicted octanol–water partition coefficient (Wildman–Crippen LogP) is 3.18. The highest BCUT2D eigenvalue weighted by Crippen LogP contribution is 2.19. The van der Waals surface area contributed by atoms with Crippen molar-refractivity contribution in [3.8, 4) is 11.3 Å². The highest BCUT2D eigenvalue weighted by Gasteiger charge is 2.05. The molecule has 1 heterocycles. The number of halogens is 3. The third-order valence-electron chi connectivity index (χ3n) is 1.84. The van der Waals surface area contributed by atoms with Crippen LogP contribution in [-0.4, -0.2) is 9.97 Å². The van der Waals surface area contributed by atoms with Crippen LogP contribution in [0.2, 0.25) is 0 Å². The zero-order chi connectivity index (χ0) is 10.8. The maximum Gasteiger partial charge on any atom is 0.159 e. The van der Waals surface area contributed by atoms with Crippen LogP contribution in [0.4, 0.5) is 8.78 Å². The highest BCUT2D eigenvalue weighted by atomic mass is 79.9. The van der Waals surface area contributed by atoms with Crippen LogP contribution < -0.4 is 0 Å². The second-order valence-electron chi connectivity index (χ2n) is 2.85. The molecule has 1 aromatic heterocycles. The standard InChI is InChI=1S/C10H5BrF2N2/c11-10-5-14-9(4-15-10)6-1-2-7(12)8(13)3-6/h1-5H. The van der Waals surface area contributed by atoms with Crippen molar-refractivity contribution in [2.75, 3.05) is 0 Å². The third kappa shape index (κ3) is 2.18. The van der Waals surface area contributed by atoms with Crippen LogP contribution in [0.3, 0.4) is 0 Å². The second-order valence-corrected chi connectivity index (χ2v) is 3.67. The molecule has 0 atom stereocenters. The number of benzene rings is 1. The van der Waals surface area contributed by atoms with Crippen LogP contribution in [0.1, 0.15) is 0 Å². The molecule has 0 N–H and O–H groups in total. The maximum absolute atomic E-state index is 12.9. The predicted molar refractivity (Wildman–Crippen MR) is 55.1 cm³/mol. The van der Waals surface area contributed by atoms with Gasteiger partial charge in [0.25, 0.3) is 0 Å². The molecule has 0 spiro atoms. The van der Waals surface area contributed by atoms with Gasteiger partial charge >= 0.3 is 0 Å². The minimum absolute atomic E-state index is 0.494. The van der Waals surface area contributed by atoms with Gasteiger partial charge in [-0.15, -0.1) is 0 Å². The molecule has 0 unspecified atom stereocenters. The van der Waals surface area contributed by atoms with Crippen molar-refractivity contribution < 1.29 is 8.78 Å². The highest BCUT2D eigenvalue weighted by molar-refractivity contribution is 9.10. The van der Waals surface area contributed by atoms with E-state index in [9.17, 15) is 8.78 Å². The van der Waals surface area contributed by atoms with E-state index in [0.29, 0.717) is 15.9 Å². The molecule has 15 heavy (non-hydrogen) atoms. The summed E-state index contributed by atoms with van der Waals surface area (Å²) in [7, 11) is 0. The van der Waals surface area contributed by atoms with Crippen LogP contribution in [0.5, 0.6) is 0 Å². The zero-order valence-electron chi connectivity index (χ0n) is 7.42. The van der Waals surface area contributed by atoms with Gasteiger partial charge in [-0.25, -0.2) is 13.8 Å². The van der Waals surface area contributed by atoms with Gasteiger partial charge in [0.2, 0.25) is 0 Å². The largest absolute Gasteiger partial charge is 0.252 e. The molecule has 2 rings (SSSR count). The summed E-state index contributed by atoms with van der Waals surface area (Å²) in [5, 5.41) is 0. The molecule has 0 aliphatic rings. The molecule has 0 saturated carbocycles. The molecule has 76 valence electrons. The first-order chi connectivity index (χ1) is 7.16. The summed E-state index contributed by atoms with van der Waals surface area (Å²) >= 11 is 3.14. The zero-order valence-corrected chi connectivity index (χ0v) is 9.00. The Morgan fingerprint density at radius 2 is 1.80 bits per heavy atom. The summed E-state index contributed by atoms with van der Waals surface area (Å²) < 4.78 is 26.2. The van der Waals surface area contributed by atoms with Crippen molar-refractivity contribution in [3.63, 3.8) is 0 Å². The minimum atomic E-state index is -0.891. The Morgan fingerprint density at radius 3 is 2.40 bits per heavy atom. The van der Waals surface area contributed by atoms with E-state index in [4.69, 9.17) is 0 Å². The fourth-order valence-electron chi connectivity index (χ4n) is 1.12. The van der Waals surface area contributed by atoms with Gasteiger partial charge in [-0.05, 0) is 34.1 Å². The minimum Gasteiger partial charge on any atom is -0.252 e. The molecule has 0 fully saturated rings. The smallest absolute Gasteiger partial charge is 0.159 e. The van der Waals surface area contributed by atoms with Gasteiger partial charge in [-0.2, -0.15) is 0 Å². The quantitative estimate of drug-likeness (QED) is 0.796. The van der Waals surface area contributed by atoms with Crippen molar-refractivity contribution >= 4 is 15.9 Å². The van der Waals surface area contributed by atoms with E-state index in [1.165, 1.54) is 18.5 Å². The Labute approximate surface area is 93.1 Å². The van der Waals surface area contributed by atoms with Crippen LogP contribution in [0, 0.1) is 11.6 Å². The average Bonchev–Trinajstić information content (AvgIpc) is 2.23. The number of hydrogen-bond donors (Lipinski definition) is 0. The summed E-state index contributed by atoms with van der Waals surface area (Å²) in [6, 6.07) is 3.61. The van der Waals surface area contributed by atoms with E-state index >= 15 is 0 Å². The van der Waals surface area contributed by atoms with E-state index in [1.807, 2.05) is 0 Å². The summed E-state index contributed by atoms with van der Waals surface area (Å²) in [5.41, 5.74) is 0.992. The molecule has 0 aliphatic heterocycles. The van der Waals surface area contributed by atoms with E-state index in [0.717, 1.165) is 12.1 Å². The fraction of sp³-hybridized carbons (Fsp3) is 0. The van der Waals surface area contributed by atoms with Crippen LogP contribution in [0.25, 0.3) is 11.3 Å². The van der Waals surface area contributed by atoms with Gasteiger partial charge in [0.15, 0.2) is 11.6 Å². The monoisotopic (exact) mass is 270 g/mol. The van der Waals surface area contributed by atoms with Crippen molar-refractivity contribution in [3.05, 3.63) is 46.8 Å². The lowest BCUT2D eigenvalue weighted by Crippen LogP contribution is -1.89. The molecule has 5 heteroatoms. The lowest BCUT2D eigenvalue weighted by molar-refractivity contribution is 0.509. The lowest BCUT2D eigenvalue weighted by Gasteiger charge is -2.00. The van der Waals surface area contributed by atoms with Crippen molar-refractivity contribution in [2.45, 2.75) is 0 Å². The van der Waals surface area contributed by atoms with Crippen LogP contribution in [-0.2, 0) is 0 Å². The van der Waals surface area contributed by atoms with Crippen molar-refractivity contribution in [2.24, 2.45) is 0 Å². The molecule has 2 aromatic rings. The van der Waals surface area contributed by atoms with Crippen LogP contribution in [0.15, 0.2) is 35.2 Å². The molecular weight excluding hydrogens is 266 g/mol. The van der Waals surface area contributed by atoms with Gasteiger partial charge in [0, 0.05) is 5.56 Å². The topological polar surface area (TPSA) is 25.8 Å². The third-order valence-corrected chi connectivity index (χ3v) is 2.25. The molecule has 0 radical (unpaired) electrons. The summed E-state index contributed by atoms with van der Waals surface area (Å²) in [4.78, 5) is 7.97. The van der Waals surface area contributed by atoms with Gasteiger partial charge in [0.1, 0.15) is 4.60 Å². The number of hydrogen-bond acceptors (Lipinski definition) is 2. The summed E-state index contributed by atoms with van der Waals surface area (Å²) in [6.07, 6.45) is 2.98. The van der Waals surface area contributed by atoms with Crippen molar-refractivity contribution in [1.29, 1.82) is 0 Å². The van der Waals surface area contributed by atoms with Gasteiger partial charge in [-0.1, -0.05) is 0 Å². The lowest BCUT2D eigenvalue weighted by atomic mass is 10.1. The Morgan fingerprint density at radius 1 is 1.00 bits per heavy atom. The SMILES string of the molecule is Fc1ccc(-c2cnc(Br)cn2)cc1F. The molecule has 0 amide bonds. The summed E-state index contributed by atoms with van der Waals surface area (Å²) in [6.45, 7) is 0. The van der Waals surface area contributed by atoms with Gasteiger partial charge in [0.05, 0.1) is 18.1 Å². The number of rotatable bonds is 1. The normalized spacial score (nSPS) is 10.3. The number of nitrogens with zero attached hydrogens (tertiary/aromatic N) is 2. The fourth-order valence-corrected chi connectivity index (χ4v) is 1.32. The maximum atomic E-state index is 12.9. The van der Waals surface area contributed by atoms with E-state index in [2.05, 4.69) is 25.9 Å². The Hall–Kier alpha value is -1.36. The average molecular weight is 271 g/mol. The molecular formula is C10H5BrF2N2. The van der Waals surface area contributed by atoms with Crippen molar-refractivity contribution in [1.82, 2.24) is 9.97 Å². The van der Waals surface area contributed by atoms with Crippen LogP contribution >= 0.6 is 15.9 Å². The molecule has 0 aliphatic carbocycles. The first-order valence-electron chi connectivity index (χ1n) is 4.10. The Balaban J connectivity index is 2.45. The van der Waals surface area contributed by atoms with E-state index in [-0.39, 0.29) is 0 Å². The molecule has 1 aromatic carbocycles. The summed E-state index contributed by atoms with van der Waals surface area (Å²) in [5.74, 6) is -1.76. The van der Waals surface area contributed by atoms with E-state index < -0.39 is 11.6 Å². The first-order valence-corrected chi connectivity index (χ1v) is 4.89. The Kier molecular flexibility index (Phi) is 2.73.